The molecular formula is C13H16Cl2N2. The van der Waals surface area contributed by atoms with Crippen LogP contribution in [0.2, 0.25) is 10.0 Å². The van der Waals surface area contributed by atoms with Gasteiger partial charge in [0, 0.05) is 12.7 Å². The second-order valence-corrected chi connectivity index (χ2v) is 6.05. The molecule has 2 aliphatic rings. The van der Waals surface area contributed by atoms with Crippen molar-refractivity contribution < 1.29 is 0 Å². The summed E-state index contributed by atoms with van der Waals surface area (Å²) in [4.78, 5) is 4.23. The topological polar surface area (TPSA) is 24.9 Å². The van der Waals surface area contributed by atoms with E-state index in [0.29, 0.717) is 10.0 Å². The van der Waals surface area contributed by atoms with Crippen LogP contribution in [-0.4, -0.2) is 11.5 Å². The Morgan fingerprint density at radius 2 is 1.88 bits per heavy atom. The Balaban J connectivity index is 1.62. The van der Waals surface area contributed by atoms with Gasteiger partial charge in [0.15, 0.2) is 0 Å². The van der Waals surface area contributed by atoms with Crippen molar-refractivity contribution in [2.45, 2.75) is 25.7 Å². The fourth-order valence-corrected chi connectivity index (χ4v) is 2.97. The van der Waals surface area contributed by atoms with Crippen LogP contribution in [0.1, 0.15) is 25.7 Å². The number of nitrogens with one attached hydrogen (secondary N) is 1. The highest BCUT2D eigenvalue weighted by Crippen LogP contribution is 2.49. The van der Waals surface area contributed by atoms with Crippen molar-refractivity contribution >= 4 is 29.0 Å². The quantitative estimate of drug-likeness (QED) is 0.866. The summed E-state index contributed by atoms with van der Waals surface area (Å²) in [6, 6.07) is 1.74. The second kappa shape index (κ2) is 4.66. The first-order valence-electron chi connectivity index (χ1n) is 6.29. The van der Waals surface area contributed by atoms with E-state index in [-0.39, 0.29) is 0 Å². The lowest BCUT2D eigenvalue weighted by molar-refractivity contribution is 0.428. The number of anilines is 1. The Kier molecular flexibility index (Phi) is 3.18. The van der Waals surface area contributed by atoms with Crippen molar-refractivity contribution in [1.82, 2.24) is 4.98 Å². The molecule has 1 aromatic rings. The third kappa shape index (κ3) is 2.86. The average molecular weight is 271 g/mol. The van der Waals surface area contributed by atoms with Crippen LogP contribution in [0.5, 0.6) is 0 Å². The molecule has 0 atom stereocenters. The van der Waals surface area contributed by atoms with Gasteiger partial charge in [0.05, 0.1) is 10.0 Å². The highest BCUT2D eigenvalue weighted by molar-refractivity contribution is 6.35. The fourth-order valence-electron chi connectivity index (χ4n) is 2.53. The highest BCUT2D eigenvalue weighted by Gasteiger charge is 2.41. The Bertz CT molecular complexity index is 402. The van der Waals surface area contributed by atoms with Gasteiger partial charge < -0.3 is 5.32 Å². The summed E-state index contributed by atoms with van der Waals surface area (Å²) >= 11 is 11.9. The molecule has 2 aliphatic carbocycles. The van der Waals surface area contributed by atoms with E-state index in [0.717, 1.165) is 30.1 Å². The molecule has 0 amide bonds. The van der Waals surface area contributed by atoms with Crippen molar-refractivity contribution in [3.63, 3.8) is 0 Å². The van der Waals surface area contributed by atoms with Gasteiger partial charge in [0.2, 0.25) is 0 Å². The van der Waals surface area contributed by atoms with Gasteiger partial charge in [0.25, 0.3) is 0 Å². The predicted octanol–water partition coefficient (Wildman–Crippen LogP) is 4.24. The van der Waals surface area contributed by atoms with Gasteiger partial charge in [-0.25, -0.2) is 4.98 Å². The summed E-state index contributed by atoms with van der Waals surface area (Å²) in [5, 5.41) is 4.58. The van der Waals surface area contributed by atoms with E-state index in [9.17, 15) is 0 Å². The molecule has 0 bridgehead atoms. The van der Waals surface area contributed by atoms with Crippen LogP contribution in [-0.2, 0) is 0 Å². The first-order valence-corrected chi connectivity index (χ1v) is 7.04. The zero-order valence-corrected chi connectivity index (χ0v) is 11.1. The summed E-state index contributed by atoms with van der Waals surface area (Å²) < 4.78 is 0. The van der Waals surface area contributed by atoms with Gasteiger partial charge in [-0.1, -0.05) is 23.2 Å². The number of nitrogens with zero attached hydrogens (tertiary/aromatic N) is 1. The van der Waals surface area contributed by atoms with Crippen LogP contribution in [0.25, 0.3) is 0 Å². The van der Waals surface area contributed by atoms with Crippen molar-refractivity contribution in [1.29, 1.82) is 0 Å². The fraction of sp³-hybridized carbons (Fsp3) is 0.615. The average Bonchev–Trinajstić information content (AvgIpc) is 3.15. The maximum atomic E-state index is 6.09. The number of aromatic nitrogens is 1. The Morgan fingerprint density at radius 1 is 1.24 bits per heavy atom. The third-order valence-electron chi connectivity index (χ3n) is 3.77. The molecule has 0 aliphatic heterocycles. The van der Waals surface area contributed by atoms with Gasteiger partial charge in [-0.3, -0.25) is 0 Å². The van der Waals surface area contributed by atoms with Gasteiger partial charge in [-0.15, -0.1) is 0 Å². The molecule has 1 heterocycles. The first-order chi connectivity index (χ1) is 8.24. The molecule has 2 saturated carbocycles. The number of rotatable bonds is 5. The number of hydrogen-bond donors (Lipinski definition) is 1. The number of halogens is 2. The van der Waals surface area contributed by atoms with Crippen molar-refractivity contribution in [2.24, 2.45) is 17.8 Å². The molecular weight excluding hydrogens is 255 g/mol. The van der Waals surface area contributed by atoms with E-state index >= 15 is 0 Å². The van der Waals surface area contributed by atoms with Crippen LogP contribution in [0.4, 0.5) is 5.82 Å². The first kappa shape index (κ1) is 11.6. The molecule has 17 heavy (non-hydrogen) atoms. The molecule has 2 fully saturated rings. The van der Waals surface area contributed by atoms with Gasteiger partial charge >= 0.3 is 0 Å². The van der Waals surface area contributed by atoms with Crippen LogP contribution in [0.3, 0.4) is 0 Å². The van der Waals surface area contributed by atoms with E-state index < -0.39 is 0 Å². The maximum absolute atomic E-state index is 6.09. The van der Waals surface area contributed by atoms with E-state index in [1.165, 1.54) is 25.7 Å². The molecule has 4 heteroatoms. The SMILES string of the molecule is Clc1cnc(NCC(C2CC2)C2CC2)c(Cl)c1. The monoisotopic (exact) mass is 270 g/mol. The molecule has 3 rings (SSSR count). The molecule has 1 N–H and O–H groups in total. The zero-order valence-electron chi connectivity index (χ0n) is 9.63. The van der Waals surface area contributed by atoms with Gasteiger partial charge in [-0.2, -0.15) is 0 Å². The minimum atomic E-state index is 0.585. The smallest absolute Gasteiger partial charge is 0.144 e. The lowest BCUT2D eigenvalue weighted by atomic mass is 9.98. The number of pyridine rings is 1. The molecule has 0 unspecified atom stereocenters. The lowest BCUT2D eigenvalue weighted by Gasteiger charge is -2.17. The summed E-state index contributed by atoms with van der Waals surface area (Å²) in [6.07, 6.45) is 7.27. The highest BCUT2D eigenvalue weighted by atomic mass is 35.5. The Morgan fingerprint density at radius 3 is 2.41 bits per heavy atom. The normalized spacial score (nSPS) is 19.7. The standard InChI is InChI=1S/C13H16Cl2N2/c14-10-5-12(15)13(16-6-10)17-7-11(8-1-2-8)9-3-4-9/h5-6,8-9,11H,1-4,7H2,(H,16,17). The summed E-state index contributed by atoms with van der Waals surface area (Å²) in [6.45, 7) is 1.00. The molecule has 0 saturated heterocycles. The van der Waals surface area contributed by atoms with Crippen LogP contribution >= 0.6 is 23.2 Å². The largest absolute Gasteiger partial charge is 0.369 e. The molecule has 92 valence electrons. The van der Waals surface area contributed by atoms with Gasteiger partial charge in [-0.05, 0) is 49.5 Å². The molecule has 0 aromatic carbocycles. The molecule has 0 spiro atoms. The number of hydrogen-bond acceptors (Lipinski definition) is 2. The minimum absolute atomic E-state index is 0.585. The minimum Gasteiger partial charge on any atom is -0.369 e. The molecule has 2 nitrogen and oxygen atoms in total. The Hall–Kier alpha value is -0.470. The van der Waals surface area contributed by atoms with Crippen LogP contribution in [0, 0.1) is 17.8 Å². The summed E-state index contributed by atoms with van der Waals surface area (Å²) in [5.74, 6) is 3.48. The van der Waals surface area contributed by atoms with Crippen molar-refractivity contribution in [3.05, 3.63) is 22.3 Å². The van der Waals surface area contributed by atoms with E-state index in [1.807, 2.05) is 0 Å². The Labute approximate surface area is 112 Å². The van der Waals surface area contributed by atoms with Crippen molar-refractivity contribution in [3.8, 4) is 0 Å². The van der Waals surface area contributed by atoms with E-state index in [1.54, 1.807) is 12.3 Å². The van der Waals surface area contributed by atoms with E-state index in [4.69, 9.17) is 23.2 Å². The van der Waals surface area contributed by atoms with E-state index in [2.05, 4.69) is 10.3 Å². The summed E-state index contributed by atoms with van der Waals surface area (Å²) in [7, 11) is 0. The maximum Gasteiger partial charge on any atom is 0.144 e. The van der Waals surface area contributed by atoms with Crippen molar-refractivity contribution in [2.75, 3.05) is 11.9 Å². The van der Waals surface area contributed by atoms with Crippen LogP contribution < -0.4 is 5.32 Å². The molecule has 1 aromatic heterocycles. The molecule has 0 radical (unpaired) electrons. The third-order valence-corrected chi connectivity index (χ3v) is 4.26. The zero-order chi connectivity index (χ0) is 11.8. The lowest BCUT2D eigenvalue weighted by Crippen LogP contribution is -2.18. The van der Waals surface area contributed by atoms with Gasteiger partial charge in [0.1, 0.15) is 5.82 Å². The summed E-state index contributed by atoms with van der Waals surface area (Å²) in [5.41, 5.74) is 0. The van der Waals surface area contributed by atoms with Crippen LogP contribution in [0.15, 0.2) is 12.3 Å². The second-order valence-electron chi connectivity index (χ2n) is 5.20. The predicted molar refractivity (Wildman–Crippen MR) is 71.7 cm³/mol.